The zero-order valence-electron chi connectivity index (χ0n) is 13.7. The van der Waals surface area contributed by atoms with E-state index in [0.717, 1.165) is 0 Å². The first-order valence-electron chi connectivity index (χ1n) is 7.72. The lowest BCUT2D eigenvalue weighted by Crippen LogP contribution is -2.69. The van der Waals surface area contributed by atoms with Gasteiger partial charge < -0.3 is 9.64 Å². The molecule has 0 radical (unpaired) electrons. The number of non-ortho nitro benzene ring substituents is 1. The molecule has 9 heteroatoms. The van der Waals surface area contributed by atoms with Gasteiger partial charge in [-0.3, -0.25) is 24.6 Å². The zero-order chi connectivity index (χ0) is 18.3. The lowest BCUT2D eigenvalue weighted by atomic mass is 9.95. The number of esters is 1. The summed E-state index contributed by atoms with van der Waals surface area (Å²) in [5.41, 5.74) is 0.492. The van der Waals surface area contributed by atoms with E-state index in [0.29, 0.717) is 5.56 Å². The van der Waals surface area contributed by atoms with E-state index in [4.69, 9.17) is 4.74 Å². The van der Waals surface area contributed by atoms with E-state index in [1.807, 2.05) is 0 Å². The van der Waals surface area contributed by atoms with Crippen molar-refractivity contribution in [2.75, 3.05) is 14.1 Å². The highest BCUT2D eigenvalue weighted by Crippen LogP contribution is 2.36. The van der Waals surface area contributed by atoms with Crippen molar-refractivity contribution in [2.24, 2.45) is 0 Å². The molecule has 2 saturated heterocycles. The highest BCUT2D eigenvalue weighted by atomic mass is 16.6. The van der Waals surface area contributed by atoms with E-state index in [-0.39, 0.29) is 42.5 Å². The maximum Gasteiger partial charge on any atom is 0.337 e. The third kappa shape index (κ3) is 2.86. The SMILES string of the molecule is CN(C)C1C(=O)N2C(C(=O)OCc3ccc([N+](=O)[O-])cc3)C(=O)CC12. The number of likely N-dealkylation sites (N-methyl/N-ethyl adjacent to an activating group) is 1. The van der Waals surface area contributed by atoms with Gasteiger partial charge in [0.25, 0.3) is 5.69 Å². The molecule has 0 aromatic heterocycles. The van der Waals surface area contributed by atoms with Crippen LogP contribution < -0.4 is 0 Å². The molecule has 25 heavy (non-hydrogen) atoms. The Morgan fingerprint density at radius 3 is 2.52 bits per heavy atom. The molecule has 1 amide bonds. The molecule has 1 aromatic rings. The second kappa shape index (κ2) is 6.25. The van der Waals surface area contributed by atoms with Gasteiger partial charge in [0.1, 0.15) is 12.6 Å². The number of rotatable bonds is 5. The third-order valence-corrected chi connectivity index (χ3v) is 4.53. The third-order valence-electron chi connectivity index (χ3n) is 4.53. The van der Waals surface area contributed by atoms with E-state index < -0.39 is 16.9 Å². The summed E-state index contributed by atoms with van der Waals surface area (Å²) in [6.07, 6.45) is 0.145. The number of hydrogen-bond acceptors (Lipinski definition) is 7. The van der Waals surface area contributed by atoms with Gasteiger partial charge in [-0.05, 0) is 31.8 Å². The number of ketones is 1. The van der Waals surface area contributed by atoms with Crippen LogP contribution in [0.5, 0.6) is 0 Å². The smallest absolute Gasteiger partial charge is 0.337 e. The Labute approximate surface area is 143 Å². The number of fused-ring (bicyclic) bond motifs is 1. The summed E-state index contributed by atoms with van der Waals surface area (Å²) < 4.78 is 5.14. The van der Waals surface area contributed by atoms with Gasteiger partial charge in [-0.25, -0.2) is 4.79 Å². The van der Waals surface area contributed by atoms with Crippen molar-refractivity contribution in [1.29, 1.82) is 0 Å². The fraction of sp³-hybridized carbons (Fsp3) is 0.438. The highest BCUT2D eigenvalue weighted by molar-refractivity contribution is 6.12. The zero-order valence-corrected chi connectivity index (χ0v) is 13.7. The molecule has 0 aliphatic carbocycles. The predicted molar refractivity (Wildman–Crippen MR) is 84.4 cm³/mol. The normalized spacial score (nSPS) is 24.9. The Hall–Kier alpha value is -2.81. The molecule has 1 aromatic carbocycles. The van der Waals surface area contributed by atoms with Crippen molar-refractivity contribution in [1.82, 2.24) is 9.80 Å². The van der Waals surface area contributed by atoms with Crippen LogP contribution in [-0.2, 0) is 25.7 Å². The summed E-state index contributed by atoms with van der Waals surface area (Å²) in [5.74, 6) is -1.34. The van der Waals surface area contributed by atoms with Crippen LogP contribution in [0.25, 0.3) is 0 Å². The van der Waals surface area contributed by atoms with Gasteiger partial charge in [0.2, 0.25) is 5.91 Å². The first-order chi connectivity index (χ1) is 11.8. The van der Waals surface area contributed by atoms with Crippen LogP contribution >= 0.6 is 0 Å². The average Bonchev–Trinajstić information content (AvgIpc) is 2.85. The van der Waals surface area contributed by atoms with Gasteiger partial charge in [-0.2, -0.15) is 0 Å². The van der Waals surface area contributed by atoms with E-state index in [9.17, 15) is 24.5 Å². The predicted octanol–water partition coefficient (Wildman–Crippen LogP) is 0.120. The topological polar surface area (TPSA) is 110 Å². The van der Waals surface area contributed by atoms with Gasteiger partial charge >= 0.3 is 5.97 Å². The van der Waals surface area contributed by atoms with Crippen molar-refractivity contribution < 1.29 is 24.0 Å². The molecule has 0 N–H and O–H groups in total. The number of β-lactam (4-membered cyclic amide) rings is 1. The van der Waals surface area contributed by atoms with Crippen LogP contribution in [0.3, 0.4) is 0 Å². The van der Waals surface area contributed by atoms with Crippen molar-refractivity contribution in [3.63, 3.8) is 0 Å². The van der Waals surface area contributed by atoms with Crippen molar-refractivity contribution >= 4 is 23.3 Å². The standard InChI is InChI=1S/C16H17N3O6/c1-17(2)13-11-7-12(20)14(18(11)15(13)21)16(22)25-8-9-3-5-10(6-4-9)19(23)24/h3-6,11,13-14H,7-8H2,1-2H3. The van der Waals surface area contributed by atoms with Gasteiger partial charge in [0.15, 0.2) is 11.8 Å². The minimum atomic E-state index is -1.19. The minimum absolute atomic E-state index is 0.0650. The van der Waals surface area contributed by atoms with Gasteiger partial charge in [-0.15, -0.1) is 0 Å². The number of amides is 1. The van der Waals surface area contributed by atoms with E-state index in [1.54, 1.807) is 19.0 Å². The lowest BCUT2D eigenvalue weighted by molar-refractivity contribution is -0.384. The second-order valence-electron chi connectivity index (χ2n) is 6.33. The molecule has 3 unspecified atom stereocenters. The highest BCUT2D eigenvalue weighted by Gasteiger charge is 2.60. The second-order valence-corrected chi connectivity index (χ2v) is 6.33. The summed E-state index contributed by atoms with van der Waals surface area (Å²) in [6, 6.07) is 3.71. The molecular formula is C16H17N3O6. The first-order valence-corrected chi connectivity index (χ1v) is 7.72. The number of benzene rings is 1. The maximum absolute atomic E-state index is 12.3. The minimum Gasteiger partial charge on any atom is -0.459 e. The van der Waals surface area contributed by atoms with Crippen LogP contribution in [0.4, 0.5) is 5.69 Å². The number of ether oxygens (including phenoxy) is 1. The average molecular weight is 347 g/mol. The summed E-state index contributed by atoms with van der Waals surface area (Å²) in [4.78, 5) is 49.7. The Morgan fingerprint density at radius 2 is 1.96 bits per heavy atom. The Balaban J connectivity index is 1.63. The largest absolute Gasteiger partial charge is 0.459 e. The molecule has 132 valence electrons. The van der Waals surface area contributed by atoms with Gasteiger partial charge in [0.05, 0.1) is 11.0 Å². The number of carbonyl (C=O) groups is 3. The number of nitro benzene ring substituents is 1. The molecule has 2 aliphatic rings. The molecule has 2 aliphatic heterocycles. The van der Waals surface area contributed by atoms with E-state index >= 15 is 0 Å². The number of hydrogen-bond donors (Lipinski definition) is 0. The Bertz CT molecular complexity index is 745. The van der Waals surface area contributed by atoms with Crippen LogP contribution in [0.1, 0.15) is 12.0 Å². The molecule has 0 saturated carbocycles. The number of nitrogens with zero attached hydrogens (tertiary/aromatic N) is 3. The summed E-state index contributed by atoms with van der Waals surface area (Å²) >= 11 is 0. The summed E-state index contributed by atoms with van der Waals surface area (Å²) in [6.45, 7) is -0.121. The van der Waals surface area contributed by atoms with Crippen molar-refractivity contribution in [3.05, 3.63) is 39.9 Å². The van der Waals surface area contributed by atoms with E-state index in [2.05, 4.69) is 0 Å². The first kappa shape index (κ1) is 17.0. The maximum atomic E-state index is 12.3. The number of carbonyl (C=O) groups excluding carboxylic acids is 3. The molecular weight excluding hydrogens is 330 g/mol. The monoisotopic (exact) mass is 347 g/mol. The molecule has 2 fully saturated rings. The summed E-state index contributed by atoms with van der Waals surface area (Å²) in [7, 11) is 3.51. The number of Topliss-reactive ketones (excluding diaryl/α,β-unsaturated/α-hetero) is 1. The van der Waals surface area contributed by atoms with E-state index in [1.165, 1.54) is 29.2 Å². The van der Waals surface area contributed by atoms with Crippen molar-refractivity contribution in [3.8, 4) is 0 Å². The molecule has 0 bridgehead atoms. The summed E-state index contributed by atoms with van der Waals surface area (Å²) in [5, 5.41) is 10.6. The van der Waals surface area contributed by atoms with Crippen molar-refractivity contribution in [2.45, 2.75) is 31.2 Å². The van der Waals surface area contributed by atoms with Crippen LogP contribution in [0.2, 0.25) is 0 Å². The van der Waals surface area contributed by atoms with Crippen LogP contribution in [0.15, 0.2) is 24.3 Å². The van der Waals surface area contributed by atoms with Crippen LogP contribution in [0, 0.1) is 10.1 Å². The molecule has 3 rings (SSSR count). The Morgan fingerprint density at radius 1 is 1.32 bits per heavy atom. The molecule has 3 atom stereocenters. The fourth-order valence-corrected chi connectivity index (χ4v) is 3.31. The van der Waals surface area contributed by atoms with Gasteiger partial charge in [-0.1, -0.05) is 0 Å². The lowest BCUT2D eigenvalue weighted by Gasteiger charge is -2.46. The quantitative estimate of drug-likeness (QED) is 0.245. The van der Waals surface area contributed by atoms with Crippen LogP contribution in [-0.4, -0.2) is 64.6 Å². The number of nitro groups is 1. The molecule has 0 spiro atoms. The Kier molecular flexibility index (Phi) is 4.25. The molecule has 2 heterocycles. The fourth-order valence-electron chi connectivity index (χ4n) is 3.31. The molecule has 9 nitrogen and oxygen atoms in total. The van der Waals surface area contributed by atoms with Gasteiger partial charge in [0, 0.05) is 18.6 Å².